The molecule has 4 unspecified atom stereocenters. The fourth-order valence-electron chi connectivity index (χ4n) is 4.66. The minimum absolute atomic E-state index is 0.0440. The highest BCUT2D eigenvalue weighted by Gasteiger charge is 2.56. The normalized spacial score (nSPS) is 30.6. The second-order valence-corrected chi connectivity index (χ2v) is 8.18. The molecule has 3 heterocycles. The molecule has 8 nitrogen and oxygen atoms in total. The molecule has 152 valence electrons. The second-order valence-electron chi connectivity index (χ2n) is 8.18. The summed E-state index contributed by atoms with van der Waals surface area (Å²) >= 11 is 0. The molecule has 0 aromatic heterocycles. The zero-order valence-corrected chi connectivity index (χ0v) is 16.7. The number of likely N-dealkylation sites (N-methyl/N-ethyl adjacent to an activating group) is 1. The van der Waals surface area contributed by atoms with Gasteiger partial charge in [0.15, 0.2) is 0 Å². The van der Waals surface area contributed by atoms with Crippen LogP contribution in [0.5, 0.6) is 0 Å². The molecule has 3 aliphatic rings. The van der Waals surface area contributed by atoms with Gasteiger partial charge in [-0.25, -0.2) is 4.79 Å². The summed E-state index contributed by atoms with van der Waals surface area (Å²) in [6.45, 7) is 6.15. The Bertz CT molecular complexity index is 772. The molecule has 0 bridgehead atoms. The number of rotatable bonds is 4. The van der Waals surface area contributed by atoms with Crippen molar-refractivity contribution < 1.29 is 14.7 Å². The van der Waals surface area contributed by atoms with Crippen LogP contribution in [-0.4, -0.2) is 83.5 Å². The van der Waals surface area contributed by atoms with Crippen molar-refractivity contribution in [1.82, 2.24) is 20.0 Å². The SMILES string of the molecule is Cc1cccc(N2CC(C)CN3C4C(=O)N(CCCO)C(=O)N(C)C4NC23)c1. The summed E-state index contributed by atoms with van der Waals surface area (Å²) in [6.07, 6.45) is -0.0938. The zero-order chi connectivity index (χ0) is 20.0. The van der Waals surface area contributed by atoms with Gasteiger partial charge in [-0.15, -0.1) is 0 Å². The van der Waals surface area contributed by atoms with Crippen LogP contribution in [0.15, 0.2) is 24.3 Å². The van der Waals surface area contributed by atoms with Gasteiger partial charge in [-0.1, -0.05) is 19.1 Å². The number of benzene rings is 1. The number of imide groups is 1. The number of carbonyl (C=O) groups excluding carboxylic acids is 2. The molecule has 0 radical (unpaired) electrons. The van der Waals surface area contributed by atoms with Crippen LogP contribution < -0.4 is 10.2 Å². The summed E-state index contributed by atoms with van der Waals surface area (Å²) in [5.74, 6) is 0.216. The predicted molar refractivity (Wildman–Crippen MR) is 105 cm³/mol. The number of carbonyl (C=O) groups is 2. The van der Waals surface area contributed by atoms with E-state index in [9.17, 15) is 9.59 Å². The molecule has 0 aliphatic carbocycles. The lowest BCUT2D eigenvalue weighted by Crippen LogP contribution is -2.66. The highest BCUT2D eigenvalue weighted by molar-refractivity contribution is 6.00. The molecule has 3 amide bonds. The van der Waals surface area contributed by atoms with Gasteiger partial charge >= 0.3 is 6.03 Å². The third-order valence-electron chi connectivity index (χ3n) is 5.96. The first kappa shape index (κ1) is 19.2. The molecule has 3 saturated heterocycles. The molecular formula is C20H29N5O3. The van der Waals surface area contributed by atoms with Gasteiger partial charge in [0, 0.05) is 39.0 Å². The number of nitrogens with zero attached hydrogens (tertiary/aromatic N) is 4. The number of nitrogens with one attached hydrogen (secondary N) is 1. The van der Waals surface area contributed by atoms with E-state index in [0.717, 1.165) is 18.8 Å². The summed E-state index contributed by atoms with van der Waals surface area (Å²) in [4.78, 5) is 33.4. The van der Waals surface area contributed by atoms with E-state index < -0.39 is 6.04 Å². The van der Waals surface area contributed by atoms with Gasteiger partial charge in [0.1, 0.15) is 18.5 Å². The second kappa shape index (κ2) is 7.35. The van der Waals surface area contributed by atoms with Crippen LogP contribution in [0.1, 0.15) is 18.9 Å². The van der Waals surface area contributed by atoms with Crippen LogP contribution in [0.25, 0.3) is 0 Å². The molecule has 28 heavy (non-hydrogen) atoms. The maximum absolute atomic E-state index is 13.2. The van der Waals surface area contributed by atoms with Crippen LogP contribution >= 0.6 is 0 Å². The Balaban J connectivity index is 1.66. The van der Waals surface area contributed by atoms with Gasteiger partial charge in [0.25, 0.3) is 5.91 Å². The van der Waals surface area contributed by atoms with E-state index >= 15 is 0 Å². The Morgan fingerprint density at radius 2 is 2.04 bits per heavy atom. The van der Waals surface area contributed by atoms with Crippen LogP contribution in [0, 0.1) is 12.8 Å². The van der Waals surface area contributed by atoms with E-state index in [1.165, 1.54) is 10.5 Å². The molecule has 0 spiro atoms. The summed E-state index contributed by atoms with van der Waals surface area (Å²) < 4.78 is 0. The molecule has 1 aromatic rings. The van der Waals surface area contributed by atoms with E-state index in [0.29, 0.717) is 12.3 Å². The van der Waals surface area contributed by atoms with Crippen molar-refractivity contribution in [1.29, 1.82) is 0 Å². The summed E-state index contributed by atoms with van der Waals surface area (Å²) in [7, 11) is 1.74. The maximum Gasteiger partial charge on any atom is 0.327 e. The van der Waals surface area contributed by atoms with E-state index in [1.54, 1.807) is 11.9 Å². The number of hydrogen-bond acceptors (Lipinski definition) is 6. The maximum atomic E-state index is 13.2. The lowest BCUT2D eigenvalue weighted by Gasteiger charge is -2.46. The molecule has 0 saturated carbocycles. The number of aliphatic hydroxyl groups excluding tert-OH is 1. The number of aryl methyl sites for hydroxylation is 1. The molecule has 3 fully saturated rings. The van der Waals surface area contributed by atoms with Crippen molar-refractivity contribution in [2.45, 2.75) is 38.8 Å². The number of hydrogen-bond donors (Lipinski definition) is 2. The van der Waals surface area contributed by atoms with Crippen LogP contribution in [0.4, 0.5) is 10.5 Å². The average Bonchev–Trinajstić information content (AvgIpc) is 3.05. The lowest BCUT2D eigenvalue weighted by atomic mass is 10.0. The molecule has 8 heteroatoms. The van der Waals surface area contributed by atoms with E-state index in [4.69, 9.17) is 5.11 Å². The van der Waals surface area contributed by atoms with Crippen molar-refractivity contribution in [2.24, 2.45) is 5.92 Å². The number of urea groups is 1. The van der Waals surface area contributed by atoms with Crippen LogP contribution in [-0.2, 0) is 4.79 Å². The molecule has 4 atom stereocenters. The Labute approximate surface area is 165 Å². The van der Waals surface area contributed by atoms with E-state index in [-0.39, 0.29) is 37.5 Å². The fraction of sp³-hybridized carbons (Fsp3) is 0.600. The average molecular weight is 387 g/mol. The van der Waals surface area contributed by atoms with Gasteiger partial charge in [-0.2, -0.15) is 0 Å². The number of anilines is 1. The van der Waals surface area contributed by atoms with Crippen molar-refractivity contribution in [3.8, 4) is 0 Å². The highest BCUT2D eigenvalue weighted by Crippen LogP contribution is 2.34. The molecular weight excluding hydrogens is 358 g/mol. The Kier molecular flexibility index (Phi) is 5.03. The highest BCUT2D eigenvalue weighted by atomic mass is 16.3. The monoisotopic (exact) mass is 387 g/mol. The van der Waals surface area contributed by atoms with Gasteiger partial charge in [0.05, 0.1) is 0 Å². The van der Waals surface area contributed by atoms with E-state index in [2.05, 4.69) is 47.2 Å². The fourth-order valence-corrected chi connectivity index (χ4v) is 4.66. The van der Waals surface area contributed by atoms with Crippen molar-refractivity contribution in [3.05, 3.63) is 29.8 Å². The number of fused-ring (bicyclic) bond motifs is 3. The Morgan fingerprint density at radius 3 is 2.75 bits per heavy atom. The van der Waals surface area contributed by atoms with E-state index in [1.807, 2.05) is 6.07 Å². The summed E-state index contributed by atoms with van der Waals surface area (Å²) in [5.41, 5.74) is 2.31. The first-order valence-electron chi connectivity index (χ1n) is 9.96. The molecule has 3 aliphatic heterocycles. The van der Waals surface area contributed by atoms with Crippen LogP contribution in [0.3, 0.4) is 0 Å². The molecule has 1 aromatic carbocycles. The lowest BCUT2D eigenvalue weighted by molar-refractivity contribution is -0.139. The minimum atomic E-state index is -0.415. The Morgan fingerprint density at radius 1 is 1.25 bits per heavy atom. The van der Waals surface area contributed by atoms with Crippen molar-refractivity contribution >= 4 is 17.6 Å². The minimum Gasteiger partial charge on any atom is -0.396 e. The number of aliphatic hydroxyl groups is 1. The van der Waals surface area contributed by atoms with Crippen molar-refractivity contribution in [3.63, 3.8) is 0 Å². The van der Waals surface area contributed by atoms with Gasteiger partial charge < -0.3 is 14.9 Å². The standard InChI is InChI=1S/C20H29N5O3/c1-13-6-4-7-15(10-13)24-11-14(2)12-25-16-17(21-19(24)25)22(3)20(28)23(18(16)27)8-5-9-26/h4,6-7,10,14,16-17,19,21,26H,5,8-9,11-12H2,1-3H3. The predicted octanol–water partition coefficient (Wildman–Crippen LogP) is 0.611. The summed E-state index contributed by atoms with van der Waals surface area (Å²) in [5, 5.41) is 12.7. The van der Waals surface area contributed by atoms with Gasteiger partial charge in [-0.05, 0) is 37.0 Å². The zero-order valence-electron chi connectivity index (χ0n) is 16.7. The molecule has 2 N–H and O–H groups in total. The third-order valence-corrected chi connectivity index (χ3v) is 5.96. The topological polar surface area (TPSA) is 79.4 Å². The Hall–Kier alpha value is -2.16. The van der Waals surface area contributed by atoms with Crippen molar-refractivity contribution in [2.75, 3.05) is 38.2 Å². The first-order valence-corrected chi connectivity index (χ1v) is 9.96. The number of amides is 3. The largest absolute Gasteiger partial charge is 0.396 e. The van der Waals surface area contributed by atoms with Gasteiger partial charge in [0.2, 0.25) is 0 Å². The van der Waals surface area contributed by atoms with Gasteiger partial charge in [-0.3, -0.25) is 19.9 Å². The smallest absolute Gasteiger partial charge is 0.327 e. The third kappa shape index (κ3) is 3.05. The first-order chi connectivity index (χ1) is 13.4. The van der Waals surface area contributed by atoms with Crippen LogP contribution in [0.2, 0.25) is 0 Å². The quantitative estimate of drug-likeness (QED) is 0.788. The molecule has 4 rings (SSSR count). The summed E-state index contributed by atoms with van der Waals surface area (Å²) in [6, 6.07) is 7.66.